The minimum atomic E-state index is -1.28. The van der Waals surface area contributed by atoms with E-state index in [1.165, 1.54) is 31.0 Å². The van der Waals surface area contributed by atoms with Crippen LogP contribution in [-0.4, -0.2) is 39.0 Å². The molecule has 0 atom stereocenters. The van der Waals surface area contributed by atoms with Crippen LogP contribution in [0.5, 0.6) is 0 Å². The second-order valence-electron chi connectivity index (χ2n) is 4.39. The SMILES string of the molecule is CCN(C(=O)c1ccc(N)cn1)C(C)(C)C(=O)O. The van der Waals surface area contributed by atoms with E-state index < -0.39 is 17.4 Å². The van der Waals surface area contributed by atoms with Crippen molar-refractivity contribution in [1.29, 1.82) is 0 Å². The van der Waals surface area contributed by atoms with Gasteiger partial charge in [0.25, 0.3) is 5.91 Å². The van der Waals surface area contributed by atoms with Gasteiger partial charge in [-0.25, -0.2) is 9.78 Å². The summed E-state index contributed by atoms with van der Waals surface area (Å²) < 4.78 is 0. The summed E-state index contributed by atoms with van der Waals surface area (Å²) in [5.74, 6) is -1.49. The number of amides is 1. The normalized spacial score (nSPS) is 11.1. The fourth-order valence-corrected chi connectivity index (χ4v) is 1.58. The third kappa shape index (κ3) is 2.58. The van der Waals surface area contributed by atoms with Crippen molar-refractivity contribution < 1.29 is 14.7 Å². The van der Waals surface area contributed by atoms with Crippen LogP contribution in [0.3, 0.4) is 0 Å². The smallest absolute Gasteiger partial charge is 0.329 e. The number of nitrogen functional groups attached to an aromatic ring is 1. The number of carbonyl (C=O) groups is 2. The quantitative estimate of drug-likeness (QED) is 0.831. The Morgan fingerprint density at radius 2 is 2.06 bits per heavy atom. The van der Waals surface area contributed by atoms with Gasteiger partial charge in [0, 0.05) is 6.54 Å². The molecule has 0 aromatic carbocycles. The zero-order valence-corrected chi connectivity index (χ0v) is 10.7. The molecule has 1 aromatic heterocycles. The Kier molecular flexibility index (Phi) is 3.90. The lowest BCUT2D eigenvalue weighted by molar-refractivity contribution is -0.147. The van der Waals surface area contributed by atoms with Crippen molar-refractivity contribution in [2.75, 3.05) is 12.3 Å². The van der Waals surface area contributed by atoms with Gasteiger partial charge < -0.3 is 15.7 Å². The molecular formula is C12H17N3O3. The number of carboxylic acids is 1. The second kappa shape index (κ2) is 5.03. The number of carbonyl (C=O) groups excluding carboxylic acids is 1. The lowest BCUT2D eigenvalue weighted by atomic mass is 10.0. The van der Waals surface area contributed by atoms with Crippen LogP contribution < -0.4 is 5.73 Å². The van der Waals surface area contributed by atoms with Crippen molar-refractivity contribution in [2.24, 2.45) is 0 Å². The van der Waals surface area contributed by atoms with E-state index in [4.69, 9.17) is 10.8 Å². The summed E-state index contributed by atoms with van der Waals surface area (Å²) in [7, 11) is 0. The molecule has 0 aliphatic rings. The standard InChI is InChI=1S/C12H17N3O3/c1-4-15(12(2,3)11(17)18)10(16)9-6-5-8(13)7-14-9/h5-7H,4,13H2,1-3H3,(H,17,18). The van der Waals surface area contributed by atoms with Crippen LogP contribution in [0.1, 0.15) is 31.3 Å². The van der Waals surface area contributed by atoms with Gasteiger partial charge in [-0.3, -0.25) is 4.79 Å². The number of hydrogen-bond acceptors (Lipinski definition) is 4. The monoisotopic (exact) mass is 251 g/mol. The number of carboxylic acid groups (broad SMARTS) is 1. The molecule has 0 spiro atoms. The molecule has 18 heavy (non-hydrogen) atoms. The Balaban J connectivity index is 3.07. The van der Waals surface area contributed by atoms with Crippen LogP contribution >= 0.6 is 0 Å². The number of nitrogens with two attached hydrogens (primary N) is 1. The van der Waals surface area contributed by atoms with E-state index in [9.17, 15) is 9.59 Å². The number of likely N-dealkylation sites (N-methyl/N-ethyl adjacent to an activating group) is 1. The highest BCUT2D eigenvalue weighted by Crippen LogP contribution is 2.17. The molecule has 0 saturated heterocycles. The molecule has 0 fully saturated rings. The molecule has 98 valence electrons. The van der Waals surface area contributed by atoms with Crippen LogP contribution in [0.25, 0.3) is 0 Å². The molecule has 1 aromatic rings. The summed E-state index contributed by atoms with van der Waals surface area (Å²) in [5.41, 5.74) is 4.84. The van der Waals surface area contributed by atoms with Crippen molar-refractivity contribution in [3.05, 3.63) is 24.0 Å². The second-order valence-corrected chi connectivity index (χ2v) is 4.39. The number of aliphatic carboxylic acids is 1. The van der Waals surface area contributed by atoms with Gasteiger partial charge in [-0.05, 0) is 32.9 Å². The van der Waals surface area contributed by atoms with Crippen molar-refractivity contribution in [2.45, 2.75) is 26.3 Å². The fraction of sp³-hybridized carbons (Fsp3) is 0.417. The van der Waals surface area contributed by atoms with Crippen molar-refractivity contribution in [3.63, 3.8) is 0 Å². The summed E-state index contributed by atoms with van der Waals surface area (Å²) in [4.78, 5) is 28.5. The van der Waals surface area contributed by atoms with Crippen molar-refractivity contribution in [3.8, 4) is 0 Å². The summed E-state index contributed by atoms with van der Waals surface area (Å²) in [6, 6.07) is 3.04. The van der Waals surface area contributed by atoms with Crippen LogP contribution in [-0.2, 0) is 4.79 Å². The highest BCUT2D eigenvalue weighted by molar-refractivity contribution is 5.96. The average molecular weight is 251 g/mol. The molecule has 0 aliphatic heterocycles. The first-order valence-electron chi connectivity index (χ1n) is 5.57. The highest BCUT2D eigenvalue weighted by Gasteiger charge is 2.37. The molecule has 0 unspecified atom stereocenters. The number of hydrogen-bond donors (Lipinski definition) is 2. The topological polar surface area (TPSA) is 96.5 Å². The van der Waals surface area contributed by atoms with Crippen LogP contribution in [0.4, 0.5) is 5.69 Å². The number of aromatic nitrogens is 1. The van der Waals surface area contributed by atoms with Crippen LogP contribution in [0.15, 0.2) is 18.3 Å². The third-order valence-corrected chi connectivity index (χ3v) is 2.77. The largest absolute Gasteiger partial charge is 0.480 e. The average Bonchev–Trinajstić information content (AvgIpc) is 2.30. The van der Waals surface area contributed by atoms with Crippen LogP contribution in [0.2, 0.25) is 0 Å². The minimum Gasteiger partial charge on any atom is -0.480 e. The zero-order valence-electron chi connectivity index (χ0n) is 10.7. The van der Waals surface area contributed by atoms with Gasteiger partial charge in [0.05, 0.1) is 11.9 Å². The van der Waals surface area contributed by atoms with E-state index in [-0.39, 0.29) is 12.2 Å². The maximum atomic E-state index is 12.2. The van der Waals surface area contributed by atoms with E-state index in [0.717, 1.165) is 0 Å². The molecule has 6 nitrogen and oxygen atoms in total. The molecule has 0 radical (unpaired) electrons. The van der Waals surface area contributed by atoms with Gasteiger partial charge in [0.15, 0.2) is 0 Å². The fourth-order valence-electron chi connectivity index (χ4n) is 1.58. The maximum Gasteiger partial charge on any atom is 0.329 e. The lowest BCUT2D eigenvalue weighted by Crippen LogP contribution is -2.53. The molecular weight excluding hydrogens is 234 g/mol. The van der Waals surface area contributed by atoms with Gasteiger partial charge >= 0.3 is 5.97 Å². The Morgan fingerprint density at radius 1 is 1.44 bits per heavy atom. The number of pyridine rings is 1. The predicted molar refractivity (Wildman–Crippen MR) is 67.1 cm³/mol. The summed E-state index contributed by atoms with van der Waals surface area (Å²) >= 11 is 0. The Bertz CT molecular complexity index is 454. The number of nitrogens with zero attached hydrogens (tertiary/aromatic N) is 2. The Labute approximate surface area is 105 Å². The van der Waals surface area contributed by atoms with Crippen LogP contribution in [0, 0.1) is 0 Å². The molecule has 0 saturated carbocycles. The van der Waals surface area contributed by atoms with Gasteiger partial charge in [0.2, 0.25) is 0 Å². The van der Waals surface area contributed by atoms with Gasteiger partial charge in [-0.15, -0.1) is 0 Å². The molecule has 6 heteroatoms. The first kappa shape index (κ1) is 14.0. The number of anilines is 1. The summed E-state index contributed by atoms with van der Waals surface area (Å²) in [5, 5.41) is 9.15. The minimum absolute atomic E-state index is 0.181. The zero-order chi connectivity index (χ0) is 13.9. The van der Waals surface area contributed by atoms with E-state index in [1.807, 2.05) is 0 Å². The molecule has 1 amide bonds. The predicted octanol–water partition coefficient (Wildman–Crippen LogP) is 0.989. The number of rotatable bonds is 4. The Morgan fingerprint density at radius 3 is 2.44 bits per heavy atom. The maximum absolute atomic E-state index is 12.2. The summed E-state index contributed by atoms with van der Waals surface area (Å²) in [6.07, 6.45) is 1.37. The first-order valence-corrected chi connectivity index (χ1v) is 5.57. The molecule has 1 rings (SSSR count). The van der Waals surface area contributed by atoms with Gasteiger partial charge in [-0.2, -0.15) is 0 Å². The van der Waals surface area contributed by atoms with Crippen molar-refractivity contribution in [1.82, 2.24) is 9.88 Å². The van der Waals surface area contributed by atoms with E-state index in [0.29, 0.717) is 5.69 Å². The molecule has 3 N–H and O–H groups in total. The first-order chi connectivity index (χ1) is 8.30. The van der Waals surface area contributed by atoms with Gasteiger partial charge in [0.1, 0.15) is 11.2 Å². The Hall–Kier alpha value is -2.11. The van der Waals surface area contributed by atoms with Crippen molar-refractivity contribution >= 4 is 17.6 Å². The van der Waals surface area contributed by atoms with E-state index in [1.54, 1.807) is 13.0 Å². The molecule has 1 heterocycles. The van der Waals surface area contributed by atoms with E-state index >= 15 is 0 Å². The molecule has 0 aliphatic carbocycles. The summed E-state index contributed by atoms with van der Waals surface area (Å²) in [6.45, 7) is 4.96. The lowest BCUT2D eigenvalue weighted by Gasteiger charge is -2.33. The molecule has 0 bridgehead atoms. The van der Waals surface area contributed by atoms with Gasteiger partial charge in [-0.1, -0.05) is 0 Å². The highest BCUT2D eigenvalue weighted by atomic mass is 16.4. The third-order valence-electron chi connectivity index (χ3n) is 2.77. The van der Waals surface area contributed by atoms with E-state index in [2.05, 4.69) is 4.98 Å².